The van der Waals surface area contributed by atoms with Gasteiger partial charge in [-0.1, -0.05) is 51.7 Å². The van der Waals surface area contributed by atoms with E-state index in [2.05, 4.69) is 33.8 Å². The van der Waals surface area contributed by atoms with Crippen molar-refractivity contribution in [1.82, 2.24) is 0 Å². The van der Waals surface area contributed by atoms with Gasteiger partial charge in [-0.3, -0.25) is 0 Å². The minimum absolute atomic E-state index is 0.0453. The van der Waals surface area contributed by atoms with E-state index in [4.69, 9.17) is 9.47 Å². The summed E-state index contributed by atoms with van der Waals surface area (Å²) in [7, 11) is 0. The summed E-state index contributed by atoms with van der Waals surface area (Å²) in [5.74, 6) is 1.22. The zero-order chi connectivity index (χ0) is 14.6. The van der Waals surface area contributed by atoms with Crippen LogP contribution in [0.15, 0.2) is 11.6 Å². The molecule has 0 N–H and O–H groups in total. The van der Waals surface area contributed by atoms with Crippen LogP contribution in [0.1, 0.15) is 66.2 Å². The Bertz CT molecular complexity index is 326. The predicted octanol–water partition coefficient (Wildman–Crippen LogP) is 4.94. The van der Waals surface area contributed by atoms with E-state index >= 15 is 0 Å². The molecule has 1 fully saturated rings. The highest BCUT2D eigenvalue weighted by atomic mass is 16.7. The van der Waals surface area contributed by atoms with Crippen LogP contribution >= 0.6 is 0 Å². The number of allylic oxidation sites excluding steroid dienone is 2. The average Bonchev–Trinajstić information content (AvgIpc) is 2.42. The molecule has 0 aromatic heterocycles. The van der Waals surface area contributed by atoms with E-state index in [1.807, 2.05) is 0 Å². The van der Waals surface area contributed by atoms with E-state index < -0.39 is 0 Å². The Morgan fingerprint density at radius 1 is 1.15 bits per heavy atom. The maximum absolute atomic E-state index is 6.08. The minimum Gasteiger partial charge on any atom is -0.352 e. The largest absolute Gasteiger partial charge is 0.352 e. The molecule has 2 aliphatic rings. The van der Waals surface area contributed by atoms with Crippen LogP contribution in [0, 0.1) is 17.3 Å². The number of hydrogen-bond donors (Lipinski definition) is 0. The average molecular weight is 280 g/mol. The smallest absolute Gasteiger partial charge is 0.157 e. The Morgan fingerprint density at radius 2 is 1.85 bits per heavy atom. The molecule has 1 saturated heterocycles. The number of ether oxygens (including phenoxy) is 2. The minimum atomic E-state index is 0.0453. The third-order valence-corrected chi connectivity index (χ3v) is 5.42. The second kappa shape index (κ2) is 7.09. The molecule has 0 aromatic rings. The van der Waals surface area contributed by atoms with Gasteiger partial charge in [-0.15, -0.1) is 0 Å². The summed E-state index contributed by atoms with van der Waals surface area (Å²) in [6, 6.07) is 0. The van der Waals surface area contributed by atoms with Gasteiger partial charge < -0.3 is 9.47 Å². The first-order chi connectivity index (χ1) is 9.58. The van der Waals surface area contributed by atoms with Crippen LogP contribution in [-0.2, 0) is 9.47 Å². The lowest BCUT2D eigenvalue weighted by Crippen LogP contribution is -2.50. The molecule has 1 aliphatic carbocycles. The molecule has 2 atom stereocenters. The summed E-state index contributed by atoms with van der Waals surface area (Å²) in [4.78, 5) is 0. The first kappa shape index (κ1) is 16.0. The van der Waals surface area contributed by atoms with Gasteiger partial charge in [-0.2, -0.15) is 0 Å². The van der Waals surface area contributed by atoms with E-state index in [0.717, 1.165) is 19.6 Å². The first-order valence-electron chi connectivity index (χ1n) is 8.49. The van der Waals surface area contributed by atoms with Crippen molar-refractivity contribution in [2.24, 2.45) is 17.3 Å². The zero-order valence-electron chi connectivity index (χ0n) is 13.8. The van der Waals surface area contributed by atoms with Gasteiger partial charge in [0.1, 0.15) is 0 Å². The topological polar surface area (TPSA) is 18.5 Å². The Hall–Kier alpha value is -0.340. The third kappa shape index (κ3) is 3.46. The van der Waals surface area contributed by atoms with Crippen molar-refractivity contribution in [2.75, 3.05) is 13.2 Å². The molecular formula is C18H32O2. The van der Waals surface area contributed by atoms with Crippen LogP contribution in [-0.4, -0.2) is 19.5 Å². The molecule has 0 aromatic carbocycles. The lowest BCUT2D eigenvalue weighted by atomic mass is 9.63. The predicted molar refractivity (Wildman–Crippen MR) is 83.6 cm³/mol. The molecule has 0 bridgehead atoms. The van der Waals surface area contributed by atoms with Crippen LogP contribution in [0.4, 0.5) is 0 Å². The molecule has 2 rings (SSSR count). The third-order valence-electron chi connectivity index (χ3n) is 5.42. The fourth-order valence-electron chi connectivity index (χ4n) is 3.83. The Balaban J connectivity index is 1.84. The molecule has 1 spiro atoms. The van der Waals surface area contributed by atoms with Crippen molar-refractivity contribution >= 4 is 0 Å². The highest BCUT2D eigenvalue weighted by Crippen LogP contribution is 2.47. The summed E-state index contributed by atoms with van der Waals surface area (Å²) in [6.07, 6.45) is 9.88. The van der Waals surface area contributed by atoms with Crippen molar-refractivity contribution < 1.29 is 9.47 Å². The van der Waals surface area contributed by atoms with Crippen molar-refractivity contribution in [3.63, 3.8) is 0 Å². The van der Waals surface area contributed by atoms with Gasteiger partial charge in [0.25, 0.3) is 0 Å². The van der Waals surface area contributed by atoms with Gasteiger partial charge in [0, 0.05) is 5.41 Å². The first-order valence-corrected chi connectivity index (χ1v) is 8.49. The second-order valence-corrected chi connectivity index (χ2v) is 7.04. The van der Waals surface area contributed by atoms with E-state index in [1.165, 1.54) is 37.7 Å². The molecule has 2 heteroatoms. The van der Waals surface area contributed by atoms with Crippen LogP contribution in [0.5, 0.6) is 0 Å². The molecule has 0 unspecified atom stereocenters. The molecule has 1 heterocycles. The summed E-state index contributed by atoms with van der Waals surface area (Å²) in [5, 5.41) is 0. The Kier molecular flexibility index (Phi) is 5.68. The molecule has 2 nitrogen and oxygen atoms in total. The normalized spacial score (nSPS) is 38.0. The molecule has 20 heavy (non-hydrogen) atoms. The summed E-state index contributed by atoms with van der Waals surface area (Å²) < 4.78 is 12.2. The number of unbranched alkanes of at least 4 members (excludes halogenated alkanes) is 3. The van der Waals surface area contributed by atoms with E-state index in [0.29, 0.717) is 11.8 Å². The Labute approximate surface area is 124 Å². The second-order valence-electron chi connectivity index (χ2n) is 7.04. The zero-order valence-corrected chi connectivity index (χ0v) is 13.8. The fourth-order valence-corrected chi connectivity index (χ4v) is 3.83. The van der Waals surface area contributed by atoms with Gasteiger partial charge in [-0.25, -0.2) is 0 Å². The maximum atomic E-state index is 6.08. The summed E-state index contributed by atoms with van der Waals surface area (Å²) >= 11 is 0. The maximum Gasteiger partial charge on any atom is 0.157 e. The molecule has 0 radical (unpaired) electrons. The van der Waals surface area contributed by atoms with Gasteiger partial charge >= 0.3 is 0 Å². The van der Waals surface area contributed by atoms with Gasteiger partial charge in [0.15, 0.2) is 6.29 Å². The molecule has 0 saturated carbocycles. The van der Waals surface area contributed by atoms with Crippen molar-refractivity contribution in [2.45, 2.75) is 72.5 Å². The van der Waals surface area contributed by atoms with E-state index in [9.17, 15) is 0 Å². The monoisotopic (exact) mass is 280 g/mol. The van der Waals surface area contributed by atoms with Gasteiger partial charge in [-0.05, 0) is 38.0 Å². The molecule has 116 valence electrons. The van der Waals surface area contributed by atoms with Crippen LogP contribution in [0.2, 0.25) is 0 Å². The summed E-state index contributed by atoms with van der Waals surface area (Å²) in [6.45, 7) is 10.9. The highest BCUT2D eigenvalue weighted by molar-refractivity contribution is 5.13. The summed E-state index contributed by atoms with van der Waals surface area (Å²) in [5.41, 5.74) is 1.73. The molecular weight excluding hydrogens is 248 g/mol. The lowest BCUT2D eigenvalue weighted by molar-refractivity contribution is -0.252. The van der Waals surface area contributed by atoms with Gasteiger partial charge in [0.05, 0.1) is 13.2 Å². The SMILES string of the molecule is CCCCCCC1OCC2(CO1)[C@H](C)C=C(C)C[C@H]2C. The fraction of sp³-hybridized carbons (Fsp3) is 0.889. The Morgan fingerprint density at radius 3 is 2.45 bits per heavy atom. The van der Waals surface area contributed by atoms with E-state index in [-0.39, 0.29) is 11.7 Å². The molecule has 1 aliphatic heterocycles. The quantitative estimate of drug-likeness (QED) is 0.524. The number of rotatable bonds is 5. The van der Waals surface area contributed by atoms with Crippen molar-refractivity contribution in [1.29, 1.82) is 0 Å². The van der Waals surface area contributed by atoms with Gasteiger partial charge in [0.2, 0.25) is 0 Å². The van der Waals surface area contributed by atoms with Crippen LogP contribution in [0.25, 0.3) is 0 Å². The lowest BCUT2D eigenvalue weighted by Gasteiger charge is -2.49. The highest BCUT2D eigenvalue weighted by Gasteiger charge is 2.46. The standard InChI is InChI=1S/C18H32O2/c1-5-6-7-8-9-17-19-12-18(13-20-17)15(3)10-14(2)11-16(18)4/h10,15-17H,5-9,11-13H2,1-4H3/t15-,16-,17?,18?/m1/s1. The van der Waals surface area contributed by atoms with Crippen LogP contribution < -0.4 is 0 Å². The number of hydrogen-bond acceptors (Lipinski definition) is 2. The van der Waals surface area contributed by atoms with Crippen molar-refractivity contribution in [3.8, 4) is 0 Å². The molecule has 0 amide bonds. The van der Waals surface area contributed by atoms with Crippen molar-refractivity contribution in [3.05, 3.63) is 11.6 Å². The van der Waals surface area contributed by atoms with E-state index in [1.54, 1.807) is 0 Å². The van der Waals surface area contributed by atoms with Crippen LogP contribution in [0.3, 0.4) is 0 Å².